The number of hydrogen-bond donors (Lipinski definition) is 2. The van der Waals surface area contributed by atoms with Crippen molar-refractivity contribution < 1.29 is 14.6 Å². The van der Waals surface area contributed by atoms with Crippen LogP contribution in [0.15, 0.2) is 0 Å². The molecule has 5 nitrogen and oxygen atoms in total. The van der Waals surface area contributed by atoms with Crippen LogP contribution in [0.25, 0.3) is 0 Å². The molecule has 124 valence electrons. The average molecular weight is 300 g/mol. The normalized spacial score (nSPS) is 20.2. The van der Waals surface area contributed by atoms with Crippen LogP contribution in [0.5, 0.6) is 0 Å². The molecule has 1 heterocycles. The highest BCUT2D eigenvalue weighted by molar-refractivity contribution is 5.68. The fraction of sp³-hybridized carbons (Fsp3) is 0.938. The number of nitrogens with one attached hydrogen (secondary N) is 1. The third-order valence-corrected chi connectivity index (χ3v) is 3.97. The average Bonchev–Trinajstić information content (AvgIpc) is 2.37. The third kappa shape index (κ3) is 7.14. The molecule has 1 saturated heterocycles. The van der Waals surface area contributed by atoms with E-state index in [4.69, 9.17) is 4.74 Å². The quantitative estimate of drug-likeness (QED) is 0.818. The van der Waals surface area contributed by atoms with E-state index in [2.05, 4.69) is 5.32 Å². The topological polar surface area (TPSA) is 61.8 Å². The molecule has 1 atom stereocenters. The number of nitrogens with zero attached hydrogens (tertiary/aromatic N) is 1. The Balaban J connectivity index is 2.25. The van der Waals surface area contributed by atoms with Crippen molar-refractivity contribution in [3.8, 4) is 0 Å². The van der Waals surface area contributed by atoms with E-state index in [0.29, 0.717) is 12.5 Å². The molecule has 0 aliphatic carbocycles. The fourth-order valence-electron chi connectivity index (χ4n) is 2.32. The van der Waals surface area contributed by atoms with Crippen LogP contribution < -0.4 is 5.32 Å². The summed E-state index contributed by atoms with van der Waals surface area (Å²) < 4.78 is 5.39. The van der Waals surface area contributed by atoms with Crippen LogP contribution in [0.1, 0.15) is 53.9 Å². The van der Waals surface area contributed by atoms with Crippen molar-refractivity contribution in [2.24, 2.45) is 5.92 Å². The maximum atomic E-state index is 12.0. The summed E-state index contributed by atoms with van der Waals surface area (Å²) in [4.78, 5) is 13.8. The zero-order valence-electron chi connectivity index (χ0n) is 14.2. The summed E-state index contributed by atoms with van der Waals surface area (Å²) in [6.07, 6.45) is 2.51. The Morgan fingerprint density at radius 2 is 1.86 bits per heavy atom. The van der Waals surface area contributed by atoms with Gasteiger partial charge in [0.25, 0.3) is 0 Å². The Kier molecular flexibility index (Phi) is 6.47. The number of carbonyl (C=O) groups excluding carboxylic acids is 1. The van der Waals surface area contributed by atoms with Gasteiger partial charge in [-0.2, -0.15) is 0 Å². The van der Waals surface area contributed by atoms with Gasteiger partial charge in [0.05, 0.1) is 5.60 Å². The van der Waals surface area contributed by atoms with Crippen LogP contribution in [-0.4, -0.2) is 53.5 Å². The molecule has 1 aliphatic heterocycles. The maximum Gasteiger partial charge on any atom is 0.410 e. The molecule has 0 aromatic heterocycles. The molecule has 1 fully saturated rings. The molecule has 0 saturated carbocycles. The number of aliphatic hydroxyl groups is 1. The maximum absolute atomic E-state index is 12.0. The van der Waals surface area contributed by atoms with Gasteiger partial charge in [-0.05, 0) is 59.4 Å². The van der Waals surface area contributed by atoms with E-state index in [-0.39, 0.29) is 6.09 Å². The number of likely N-dealkylation sites (tertiary alicyclic amines) is 1. The van der Waals surface area contributed by atoms with Gasteiger partial charge in [0.1, 0.15) is 5.60 Å². The molecule has 21 heavy (non-hydrogen) atoms. The minimum atomic E-state index is -0.628. The van der Waals surface area contributed by atoms with Crippen molar-refractivity contribution in [2.75, 3.05) is 26.2 Å². The summed E-state index contributed by atoms with van der Waals surface area (Å²) in [6.45, 7) is 12.5. The lowest BCUT2D eigenvalue weighted by Gasteiger charge is -2.34. The minimum absolute atomic E-state index is 0.206. The van der Waals surface area contributed by atoms with Gasteiger partial charge in [-0.1, -0.05) is 6.92 Å². The monoisotopic (exact) mass is 300 g/mol. The predicted molar refractivity (Wildman–Crippen MR) is 84.3 cm³/mol. The van der Waals surface area contributed by atoms with Crippen LogP contribution in [0.4, 0.5) is 4.79 Å². The summed E-state index contributed by atoms with van der Waals surface area (Å²) in [7, 11) is 0. The van der Waals surface area contributed by atoms with Crippen molar-refractivity contribution >= 4 is 6.09 Å². The number of carbonyl (C=O) groups is 1. The molecule has 0 bridgehead atoms. The highest BCUT2D eigenvalue weighted by atomic mass is 16.6. The van der Waals surface area contributed by atoms with E-state index in [1.165, 1.54) is 0 Å². The van der Waals surface area contributed by atoms with E-state index in [1.807, 2.05) is 34.6 Å². The van der Waals surface area contributed by atoms with Gasteiger partial charge < -0.3 is 20.1 Å². The van der Waals surface area contributed by atoms with Gasteiger partial charge in [-0.3, -0.25) is 0 Å². The second-order valence-corrected chi connectivity index (χ2v) is 7.39. The van der Waals surface area contributed by atoms with Crippen molar-refractivity contribution in [2.45, 2.75) is 65.1 Å². The van der Waals surface area contributed by atoms with Crippen LogP contribution in [-0.2, 0) is 4.74 Å². The molecule has 0 aromatic rings. The first-order valence-electron chi connectivity index (χ1n) is 8.04. The van der Waals surface area contributed by atoms with E-state index in [1.54, 1.807) is 4.90 Å². The minimum Gasteiger partial charge on any atom is -0.444 e. The lowest BCUT2D eigenvalue weighted by Crippen LogP contribution is -2.44. The Morgan fingerprint density at radius 1 is 1.29 bits per heavy atom. The summed E-state index contributed by atoms with van der Waals surface area (Å²) >= 11 is 0. The molecule has 1 rings (SSSR count). The van der Waals surface area contributed by atoms with E-state index in [9.17, 15) is 9.90 Å². The van der Waals surface area contributed by atoms with Gasteiger partial charge >= 0.3 is 6.09 Å². The van der Waals surface area contributed by atoms with Crippen LogP contribution >= 0.6 is 0 Å². The number of rotatable bonds is 5. The Bertz CT molecular complexity index is 329. The second kappa shape index (κ2) is 7.45. The summed E-state index contributed by atoms with van der Waals surface area (Å²) in [5.74, 6) is 0.566. The van der Waals surface area contributed by atoms with E-state index < -0.39 is 11.2 Å². The fourth-order valence-corrected chi connectivity index (χ4v) is 2.32. The highest BCUT2D eigenvalue weighted by Gasteiger charge is 2.27. The molecular formula is C16H32N2O3. The molecule has 1 aliphatic rings. The van der Waals surface area contributed by atoms with E-state index >= 15 is 0 Å². The van der Waals surface area contributed by atoms with Crippen LogP contribution in [0.3, 0.4) is 0 Å². The predicted octanol–water partition coefficient (Wildman–Crippen LogP) is 2.38. The molecule has 2 N–H and O–H groups in total. The first-order valence-corrected chi connectivity index (χ1v) is 8.04. The summed E-state index contributed by atoms with van der Waals surface area (Å²) in [5.41, 5.74) is -1.06. The number of amides is 1. The van der Waals surface area contributed by atoms with Crippen LogP contribution in [0.2, 0.25) is 0 Å². The zero-order valence-corrected chi connectivity index (χ0v) is 14.2. The Labute approximate surface area is 129 Å². The van der Waals surface area contributed by atoms with Crippen molar-refractivity contribution in [3.05, 3.63) is 0 Å². The molecule has 0 radical (unpaired) electrons. The SMILES string of the molecule is CCC(C)(O)CNCC1CCN(C(=O)OC(C)(C)C)CC1. The smallest absolute Gasteiger partial charge is 0.410 e. The van der Waals surface area contributed by atoms with Gasteiger partial charge in [-0.25, -0.2) is 4.79 Å². The summed E-state index contributed by atoms with van der Waals surface area (Å²) in [5, 5.41) is 13.3. The summed E-state index contributed by atoms with van der Waals surface area (Å²) in [6, 6.07) is 0. The van der Waals surface area contributed by atoms with Gasteiger partial charge in [-0.15, -0.1) is 0 Å². The third-order valence-electron chi connectivity index (χ3n) is 3.97. The lowest BCUT2D eigenvalue weighted by molar-refractivity contribution is 0.0180. The molecule has 1 unspecified atom stereocenters. The number of ether oxygens (including phenoxy) is 1. The lowest BCUT2D eigenvalue weighted by atomic mass is 9.96. The molecule has 0 aromatic carbocycles. The number of hydrogen-bond acceptors (Lipinski definition) is 4. The first kappa shape index (κ1) is 18.2. The molecular weight excluding hydrogens is 268 g/mol. The van der Waals surface area contributed by atoms with Crippen molar-refractivity contribution in [1.82, 2.24) is 10.2 Å². The van der Waals surface area contributed by atoms with Gasteiger partial charge in [0.2, 0.25) is 0 Å². The zero-order chi connectivity index (χ0) is 16.1. The largest absolute Gasteiger partial charge is 0.444 e. The standard InChI is InChI=1S/C16H32N2O3/c1-6-16(5,20)12-17-11-13-7-9-18(10-8-13)14(19)21-15(2,3)4/h13,17,20H,6-12H2,1-5H3. The van der Waals surface area contributed by atoms with Gasteiger partial charge in [0, 0.05) is 19.6 Å². The van der Waals surface area contributed by atoms with Gasteiger partial charge in [0.15, 0.2) is 0 Å². The van der Waals surface area contributed by atoms with Crippen molar-refractivity contribution in [1.29, 1.82) is 0 Å². The first-order chi connectivity index (χ1) is 9.63. The Hall–Kier alpha value is -0.810. The second-order valence-electron chi connectivity index (χ2n) is 7.39. The highest BCUT2D eigenvalue weighted by Crippen LogP contribution is 2.19. The van der Waals surface area contributed by atoms with E-state index in [0.717, 1.165) is 38.9 Å². The molecule has 5 heteroatoms. The molecule has 1 amide bonds. The van der Waals surface area contributed by atoms with Crippen LogP contribution in [0, 0.1) is 5.92 Å². The number of piperidine rings is 1. The Morgan fingerprint density at radius 3 is 2.33 bits per heavy atom. The molecule has 0 spiro atoms. The van der Waals surface area contributed by atoms with Crippen molar-refractivity contribution in [3.63, 3.8) is 0 Å².